The lowest BCUT2D eigenvalue weighted by molar-refractivity contribution is -0.114. The Balaban J connectivity index is 1.88. The van der Waals surface area contributed by atoms with E-state index in [9.17, 15) is 4.79 Å². The zero-order valence-electron chi connectivity index (χ0n) is 18.3. The molecule has 1 heterocycles. The van der Waals surface area contributed by atoms with E-state index in [-0.39, 0.29) is 18.2 Å². The van der Waals surface area contributed by atoms with Crippen LogP contribution in [-0.4, -0.2) is 42.7 Å². The summed E-state index contributed by atoms with van der Waals surface area (Å²) in [5.74, 6) is 1.09. The highest BCUT2D eigenvalue weighted by Gasteiger charge is 2.19. The predicted octanol–water partition coefficient (Wildman–Crippen LogP) is 3.08. The summed E-state index contributed by atoms with van der Waals surface area (Å²) in [6.45, 7) is 2.20. The van der Waals surface area contributed by atoms with Crippen molar-refractivity contribution in [1.29, 1.82) is 0 Å². The molecule has 0 unspecified atom stereocenters. The molecule has 0 spiro atoms. The largest absolute Gasteiger partial charge is 0.497 e. The van der Waals surface area contributed by atoms with E-state index < -0.39 is 0 Å². The van der Waals surface area contributed by atoms with Crippen LogP contribution < -0.4 is 14.8 Å². The number of ether oxygens (including phenoxy) is 2. The fourth-order valence-corrected chi connectivity index (χ4v) is 3.29. The number of aromatic nitrogens is 2. The first-order valence-electron chi connectivity index (χ1n) is 9.72. The molecule has 0 atom stereocenters. The summed E-state index contributed by atoms with van der Waals surface area (Å²) in [6, 6.07) is 15.1. The van der Waals surface area contributed by atoms with Crippen molar-refractivity contribution in [2.45, 2.75) is 13.5 Å². The molecule has 3 rings (SSSR count). The van der Waals surface area contributed by atoms with E-state index in [1.165, 1.54) is 7.11 Å². The van der Waals surface area contributed by atoms with E-state index in [2.05, 4.69) is 15.6 Å². The van der Waals surface area contributed by atoms with Crippen LogP contribution in [0.5, 0.6) is 11.6 Å². The average Bonchev–Trinajstić information content (AvgIpc) is 3.09. The van der Waals surface area contributed by atoms with Crippen molar-refractivity contribution in [3.8, 4) is 22.9 Å². The Hall–Kier alpha value is -3.81. The number of nitrogens with one attached hydrogen (secondary N) is 1. The van der Waals surface area contributed by atoms with Crippen LogP contribution >= 0.6 is 0 Å². The molecule has 0 bridgehead atoms. The molecule has 0 saturated carbocycles. The van der Waals surface area contributed by atoms with Gasteiger partial charge in [-0.25, -0.2) is 4.68 Å². The summed E-state index contributed by atoms with van der Waals surface area (Å²) in [5, 5.41) is 11.1. The first-order chi connectivity index (χ1) is 15.0. The predicted molar refractivity (Wildman–Crippen MR) is 118 cm³/mol. The van der Waals surface area contributed by atoms with Crippen molar-refractivity contribution in [3.05, 3.63) is 65.2 Å². The SMILES string of the molecule is CNC(=O)/C(=N/OC)c1ccccc1COc1c(C)c(-c2ccc(OC)cc2)nn1C. The van der Waals surface area contributed by atoms with Crippen LogP contribution in [0.3, 0.4) is 0 Å². The smallest absolute Gasteiger partial charge is 0.273 e. The van der Waals surface area contributed by atoms with Gasteiger partial charge in [0.1, 0.15) is 19.5 Å². The number of amides is 1. The van der Waals surface area contributed by atoms with Crippen molar-refractivity contribution in [3.63, 3.8) is 0 Å². The van der Waals surface area contributed by atoms with Crippen LogP contribution in [0.2, 0.25) is 0 Å². The second-order valence-electron chi connectivity index (χ2n) is 6.78. The second kappa shape index (κ2) is 9.80. The zero-order valence-corrected chi connectivity index (χ0v) is 18.3. The normalized spacial score (nSPS) is 11.2. The number of carbonyl (C=O) groups is 1. The van der Waals surface area contributed by atoms with E-state index in [1.807, 2.05) is 62.5 Å². The van der Waals surface area contributed by atoms with Gasteiger partial charge >= 0.3 is 0 Å². The standard InChI is InChI=1S/C23H26N4O4/c1-15-20(16-10-12-18(29-4)13-11-16)25-27(3)23(15)31-14-17-8-6-7-9-19(17)21(26-30-5)22(28)24-2/h6-13H,14H2,1-5H3,(H,24,28)/b26-21+. The zero-order chi connectivity index (χ0) is 22.4. The number of nitrogens with zero attached hydrogens (tertiary/aromatic N) is 3. The van der Waals surface area contributed by atoms with Crippen molar-refractivity contribution < 1.29 is 19.1 Å². The summed E-state index contributed by atoms with van der Waals surface area (Å²) < 4.78 is 13.1. The Morgan fingerprint density at radius 2 is 1.84 bits per heavy atom. The maximum absolute atomic E-state index is 12.3. The van der Waals surface area contributed by atoms with Gasteiger partial charge in [0, 0.05) is 30.8 Å². The van der Waals surface area contributed by atoms with Gasteiger partial charge in [-0.05, 0) is 36.8 Å². The number of methoxy groups -OCH3 is 1. The average molecular weight is 422 g/mol. The fraction of sp³-hybridized carbons (Fsp3) is 0.261. The Morgan fingerprint density at radius 1 is 1.13 bits per heavy atom. The maximum Gasteiger partial charge on any atom is 0.273 e. The highest BCUT2D eigenvalue weighted by molar-refractivity contribution is 6.45. The lowest BCUT2D eigenvalue weighted by Crippen LogP contribution is -2.29. The number of rotatable bonds is 8. The molecular weight excluding hydrogens is 396 g/mol. The first-order valence-corrected chi connectivity index (χ1v) is 9.72. The molecule has 0 radical (unpaired) electrons. The lowest BCUT2D eigenvalue weighted by Gasteiger charge is -2.12. The highest BCUT2D eigenvalue weighted by atomic mass is 16.6. The molecule has 162 valence electrons. The van der Waals surface area contributed by atoms with Crippen molar-refractivity contribution in [2.24, 2.45) is 12.2 Å². The number of oxime groups is 1. The molecule has 0 aliphatic heterocycles. The minimum absolute atomic E-state index is 0.185. The minimum atomic E-state index is -0.340. The summed E-state index contributed by atoms with van der Waals surface area (Å²) in [5.41, 5.74) is 4.35. The van der Waals surface area contributed by atoms with Gasteiger partial charge in [0.05, 0.1) is 12.8 Å². The van der Waals surface area contributed by atoms with E-state index in [4.69, 9.17) is 14.3 Å². The molecule has 8 heteroatoms. The van der Waals surface area contributed by atoms with Gasteiger partial charge in [-0.3, -0.25) is 4.79 Å². The van der Waals surface area contributed by atoms with Gasteiger partial charge in [-0.15, -0.1) is 0 Å². The summed E-state index contributed by atoms with van der Waals surface area (Å²) in [6.07, 6.45) is 0. The van der Waals surface area contributed by atoms with Crippen LogP contribution in [0, 0.1) is 6.92 Å². The van der Waals surface area contributed by atoms with Gasteiger partial charge in [-0.1, -0.05) is 29.4 Å². The third-order valence-electron chi connectivity index (χ3n) is 4.84. The number of hydrogen-bond acceptors (Lipinski definition) is 6. The Bertz CT molecular complexity index is 1090. The van der Waals surface area contributed by atoms with E-state index >= 15 is 0 Å². The monoisotopic (exact) mass is 422 g/mol. The summed E-state index contributed by atoms with van der Waals surface area (Å²) in [4.78, 5) is 17.1. The Kier molecular flexibility index (Phi) is 6.92. The number of hydrogen-bond donors (Lipinski definition) is 1. The van der Waals surface area contributed by atoms with Crippen molar-refractivity contribution in [2.75, 3.05) is 21.3 Å². The van der Waals surface area contributed by atoms with Crippen LogP contribution in [0.25, 0.3) is 11.3 Å². The third-order valence-corrected chi connectivity index (χ3v) is 4.84. The fourth-order valence-electron chi connectivity index (χ4n) is 3.29. The number of carbonyl (C=O) groups excluding carboxylic acids is 1. The number of benzene rings is 2. The molecule has 2 aromatic carbocycles. The molecule has 1 N–H and O–H groups in total. The van der Waals surface area contributed by atoms with Gasteiger partial charge in [-0.2, -0.15) is 5.10 Å². The molecule has 8 nitrogen and oxygen atoms in total. The van der Waals surface area contributed by atoms with Crippen LogP contribution in [0.15, 0.2) is 53.7 Å². The van der Waals surface area contributed by atoms with E-state index in [0.717, 1.165) is 28.1 Å². The topological polar surface area (TPSA) is 87.0 Å². The van der Waals surface area contributed by atoms with Gasteiger partial charge < -0.3 is 19.6 Å². The third kappa shape index (κ3) is 4.69. The van der Waals surface area contributed by atoms with Crippen LogP contribution in [0.4, 0.5) is 0 Å². The van der Waals surface area contributed by atoms with E-state index in [1.54, 1.807) is 18.8 Å². The molecule has 1 amide bonds. The quantitative estimate of drug-likeness (QED) is 0.445. The van der Waals surface area contributed by atoms with Crippen LogP contribution in [-0.2, 0) is 23.3 Å². The number of likely N-dealkylation sites (N-methyl/N-ethyl adjacent to an activating group) is 1. The van der Waals surface area contributed by atoms with Gasteiger partial charge in [0.15, 0.2) is 5.71 Å². The molecule has 0 fully saturated rings. The molecule has 31 heavy (non-hydrogen) atoms. The Morgan fingerprint density at radius 3 is 2.48 bits per heavy atom. The summed E-state index contributed by atoms with van der Waals surface area (Å²) >= 11 is 0. The lowest BCUT2D eigenvalue weighted by atomic mass is 10.0. The van der Waals surface area contributed by atoms with Crippen molar-refractivity contribution in [1.82, 2.24) is 15.1 Å². The molecular formula is C23H26N4O4. The summed E-state index contributed by atoms with van der Waals surface area (Å²) in [7, 11) is 6.43. The number of aryl methyl sites for hydroxylation is 1. The minimum Gasteiger partial charge on any atom is -0.497 e. The maximum atomic E-state index is 12.3. The highest BCUT2D eigenvalue weighted by Crippen LogP contribution is 2.30. The molecule has 0 aliphatic carbocycles. The van der Waals surface area contributed by atoms with Crippen molar-refractivity contribution >= 4 is 11.6 Å². The van der Waals surface area contributed by atoms with Gasteiger partial charge in [0.25, 0.3) is 5.91 Å². The second-order valence-corrected chi connectivity index (χ2v) is 6.78. The van der Waals surface area contributed by atoms with Gasteiger partial charge in [0.2, 0.25) is 5.88 Å². The van der Waals surface area contributed by atoms with Crippen LogP contribution in [0.1, 0.15) is 16.7 Å². The molecule has 3 aromatic rings. The molecule has 0 aliphatic rings. The molecule has 0 saturated heterocycles. The first kappa shape index (κ1) is 21.9. The van der Waals surface area contributed by atoms with E-state index in [0.29, 0.717) is 11.4 Å². The molecule has 1 aromatic heterocycles. The Labute approximate surface area is 181 Å².